The Hall–Kier alpha value is -9.74. The van der Waals surface area contributed by atoms with Crippen LogP contribution in [-0.2, 0) is 34.5 Å². The van der Waals surface area contributed by atoms with E-state index in [9.17, 15) is 9.59 Å². The van der Waals surface area contributed by atoms with Gasteiger partial charge in [-0.05, 0) is 115 Å². The summed E-state index contributed by atoms with van der Waals surface area (Å²) < 4.78 is 2.18. The first-order valence-electron chi connectivity index (χ1n) is 26.7. The van der Waals surface area contributed by atoms with Crippen LogP contribution in [0.1, 0.15) is 92.7 Å². The van der Waals surface area contributed by atoms with Crippen LogP contribution >= 0.6 is 0 Å². The molecule has 386 valence electrons. The smallest absolute Gasteiger partial charge is 0.266 e. The van der Waals surface area contributed by atoms with Crippen LogP contribution in [0.25, 0.3) is 22.2 Å². The van der Waals surface area contributed by atoms with Crippen LogP contribution in [0, 0.1) is 13.8 Å². The lowest BCUT2D eigenvalue weighted by molar-refractivity contribution is -0.116. The molecular formula is C68H57N9O2. The number of hydrogen-bond acceptors (Lipinski definition) is 8. The molecule has 0 spiro atoms. The summed E-state index contributed by atoms with van der Waals surface area (Å²) in [6.07, 6.45) is 8.13. The first-order chi connectivity index (χ1) is 38.6. The number of aliphatic imine (C=N–C) groups is 3. The van der Waals surface area contributed by atoms with Crippen LogP contribution in [0.5, 0.6) is 0 Å². The van der Waals surface area contributed by atoms with Crippen LogP contribution in [0.3, 0.4) is 0 Å². The molecule has 3 aliphatic rings. The molecule has 2 N–H and O–H groups in total. The molecule has 0 bridgehead atoms. The molecular weight excluding hydrogens is 975 g/mol. The second-order valence-electron chi connectivity index (χ2n) is 20.5. The number of benzene rings is 7. The summed E-state index contributed by atoms with van der Waals surface area (Å²) in [7, 11) is 0. The molecule has 0 radical (unpaired) electrons. The van der Waals surface area contributed by atoms with Crippen LogP contribution in [-0.4, -0.2) is 48.7 Å². The van der Waals surface area contributed by atoms with Gasteiger partial charge in [-0.1, -0.05) is 157 Å². The lowest BCUT2D eigenvalue weighted by Gasteiger charge is -2.37. The van der Waals surface area contributed by atoms with Gasteiger partial charge in [0, 0.05) is 59.7 Å². The normalized spacial score (nSPS) is 13.9. The van der Waals surface area contributed by atoms with E-state index in [2.05, 4.69) is 190 Å². The zero-order chi connectivity index (χ0) is 54.0. The standard InChI is InChI=1S/C43H35N5O.C25H22N4O/c1-29-18-20-31(21-19-29)30(2)45-42(49)39-26-33-27-40-37(28-38(33)46-39)41(32-22-24-44-25-23-32)47-48(40)43(34-12-6-3-7-13-34,35-14-8-4-9-15-35)36-16-10-5-11-17-36;1-15-3-5-17(6-4-15)16(2)28-25(30)23-12-19-11-20-14-27-24(18-7-9-26-10-8-18)21(20)13-22(19)29-23/h3-25,27-28,30H,26H2,1-2H3,(H,45,49);3-11,13,16H,12,14H2,1-2H3,(H,28,30)/t30-;16-/m11/s1. The first-order valence-corrected chi connectivity index (χ1v) is 26.7. The lowest BCUT2D eigenvalue weighted by atomic mass is 9.77. The van der Waals surface area contributed by atoms with E-state index in [0.29, 0.717) is 30.8 Å². The fourth-order valence-electron chi connectivity index (χ4n) is 11.0. The number of aromatic nitrogens is 4. The number of pyridine rings is 2. The van der Waals surface area contributed by atoms with Crippen molar-refractivity contribution in [3.63, 3.8) is 0 Å². The van der Waals surface area contributed by atoms with E-state index < -0.39 is 5.54 Å². The molecule has 0 saturated carbocycles. The van der Waals surface area contributed by atoms with Gasteiger partial charge in [0.25, 0.3) is 11.8 Å². The Morgan fingerprint density at radius 3 is 1.47 bits per heavy atom. The van der Waals surface area contributed by atoms with Crippen molar-refractivity contribution in [2.24, 2.45) is 15.0 Å². The van der Waals surface area contributed by atoms with Gasteiger partial charge in [0.05, 0.1) is 41.2 Å². The van der Waals surface area contributed by atoms with Crippen molar-refractivity contribution >= 4 is 51.2 Å². The third kappa shape index (κ3) is 9.76. The topological polar surface area (TPSA) is 139 Å². The minimum Gasteiger partial charge on any atom is -0.344 e. The van der Waals surface area contributed by atoms with E-state index in [0.717, 1.165) is 89.3 Å². The molecule has 7 aromatic carbocycles. The molecule has 2 atom stereocenters. The molecule has 13 rings (SSSR count). The minimum absolute atomic E-state index is 0.0695. The number of fused-ring (bicyclic) bond motifs is 4. The summed E-state index contributed by atoms with van der Waals surface area (Å²) >= 11 is 0. The van der Waals surface area contributed by atoms with Crippen molar-refractivity contribution < 1.29 is 9.59 Å². The van der Waals surface area contributed by atoms with Gasteiger partial charge in [-0.25, -0.2) is 14.7 Å². The molecule has 0 aliphatic carbocycles. The van der Waals surface area contributed by atoms with Crippen molar-refractivity contribution in [2.75, 3.05) is 0 Å². The van der Waals surface area contributed by atoms with Gasteiger partial charge >= 0.3 is 0 Å². The number of rotatable bonds is 12. The highest BCUT2D eigenvalue weighted by Crippen LogP contribution is 2.46. The lowest BCUT2D eigenvalue weighted by Crippen LogP contribution is -2.38. The largest absolute Gasteiger partial charge is 0.344 e. The van der Waals surface area contributed by atoms with Crippen molar-refractivity contribution in [1.82, 2.24) is 30.4 Å². The molecule has 79 heavy (non-hydrogen) atoms. The summed E-state index contributed by atoms with van der Waals surface area (Å²) in [6, 6.07) is 64.3. The van der Waals surface area contributed by atoms with Crippen molar-refractivity contribution in [1.29, 1.82) is 0 Å². The molecule has 6 heterocycles. The first kappa shape index (κ1) is 50.1. The maximum Gasteiger partial charge on any atom is 0.266 e. The highest BCUT2D eigenvalue weighted by Gasteiger charge is 2.41. The SMILES string of the molecule is Cc1ccc([C@@H](C)NC(=O)C2=Nc3cc4c(-c5ccncc5)nn(C(c5ccccc5)(c5ccccc5)c5ccccc5)c4cc3C2)cc1.Cc1ccc([C@@H](C)NC(=O)C2=Nc3cc4c(cc3C2)CN=C4c2ccncc2)cc1. The zero-order valence-corrected chi connectivity index (χ0v) is 44.4. The Kier molecular flexibility index (Phi) is 13.5. The van der Waals surface area contributed by atoms with Crippen molar-refractivity contribution in [3.8, 4) is 11.3 Å². The van der Waals surface area contributed by atoms with Crippen LogP contribution in [0.15, 0.2) is 228 Å². The third-order valence-corrected chi connectivity index (χ3v) is 15.2. The fourth-order valence-corrected chi connectivity index (χ4v) is 11.0. The Bertz CT molecular complexity index is 3890. The van der Waals surface area contributed by atoms with E-state index in [-0.39, 0.29) is 23.9 Å². The number of hydrogen-bond donors (Lipinski definition) is 2. The van der Waals surface area contributed by atoms with Gasteiger partial charge in [0.2, 0.25) is 0 Å². The Morgan fingerprint density at radius 2 is 0.975 bits per heavy atom. The molecule has 3 aliphatic heterocycles. The average molecular weight is 1030 g/mol. The van der Waals surface area contributed by atoms with E-state index in [1.165, 1.54) is 16.7 Å². The number of nitrogens with zero attached hydrogens (tertiary/aromatic N) is 7. The zero-order valence-electron chi connectivity index (χ0n) is 44.4. The van der Waals surface area contributed by atoms with E-state index in [4.69, 9.17) is 15.1 Å². The van der Waals surface area contributed by atoms with Crippen LogP contribution < -0.4 is 10.6 Å². The molecule has 11 nitrogen and oxygen atoms in total. The Morgan fingerprint density at radius 1 is 0.519 bits per heavy atom. The van der Waals surface area contributed by atoms with Gasteiger partial charge in [-0.2, -0.15) is 5.10 Å². The van der Waals surface area contributed by atoms with Crippen LogP contribution in [0.2, 0.25) is 0 Å². The number of carbonyl (C=O) groups excluding carboxylic acids is 2. The number of amides is 2. The predicted octanol–water partition coefficient (Wildman–Crippen LogP) is 13.0. The maximum atomic E-state index is 13.6. The molecule has 11 heteroatoms. The minimum atomic E-state index is -0.815. The second-order valence-corrected chi connectivity index (χ2v) is 20.5. The van der Waals surface area contributed by atoms with Crippen LogP contribution in [0.4, 0.5) is 11.4 Å². The summed E-state index contributed by atoms with van der Waals surface area (Å²) in [6.45, 7) is 8.78. The molecule has 3 aromatic heterocycles. The van der Waals surface area contributed by atoms with E-state index in [1.807, 2.05) is 56.3 Å². The van der Waals surface area contributed by atoms with Gasteiger partial charge in [-0.15, -0.1) is 0 Å². The Labute approximate surface area is 459 Å². The van der Waals surface area contributed by atoms with Gasteiger partial charge in [-0.3, -0.25) is 24.5 Å². The summed E-state index contributed by atoms with van der Waals surface area (Å²) in [5, 5.41) is 12.7. The van der Waals surface area contributed by atoms with Gasteiger partial charge in [0.15, 0.2) is 0 Å². The monoisotopic (exact) mass is 1030 g/mol. The quantitative estimate of drug-likeness (QED) is 0.117. The molecule has 0 unspecified atom stereocenters. The summed E-state index contributed by atoms with van der Waals surface area (Å²) in [5.74, 6) is -0.265. The van der Waals surface area contributed by atoms with Crippen molar-refractivity contribution in [2.45, 2.75) is 64.7 Å². The number of aryl methyl sites for hydroxylation is 2. The molecule has 0 fully saturated rings. The Balaban J connectivity index is 0.000000177. The molecule has 0 saturated heterocycles. The highest BCUT2D eigenvalue weighted by atomic mass is 16.2. The molecule has 2 amide bonds. The van der Waals surface area contributed by atoms with Gasteiger partial charge < -0.3 is 10.6 Å². The summed E-state index contributed by atoms with van der Waals surface area (Å²) in [4.78, 5) is 49.1. The van der Waals surface area contributed by atoms with Crippen molar-refractivity contribution in [3.05, 3.63) is 280 Å². The second kappa shape index (κ2) is 21.4. The number of carbonyl (C=O) groups is 2. The highest BCUT2D eigenvalue weighted by molar-refractivity contribution is 6.41. The fraction of sp³-hybridized carbons (Fsp3) is 0.147. The van der Waals surface area contributed by atoms with E-state index >= 15 is 0 Å². The van der Waals surface area contributed by atoms with E-state index in [1.54, 1.807) is 24.8 Å². The molecule has 10 aromatic rings. The maximum absolute atomic E-state index is 13.6. The third-order valence-electron chi connectivity index (χ3n) is 15.2. The number of nitrogens with one attached hydrogen (secondary N) is 2. The van der Waals surface area contributed by atoms with Gasteiger partial charge in [0.1, 0.15) is 22.7 Å². The average Bonchev–Trinajstić information content (AvgIpc) is 4.51. The summed E-state index contributed by atoms with van der Waals surface area (Å²) in [5.41, 5.74) is 18.8. The predicted molar refractivity (Wildman–Crippen MR) is 315 cm³/mol.